The molecule has 3 aromatic rings. The van der Waals surface area contributed by atoms with E-state index in [0.29, 0.717) is 6.54 Å². The van der Waals surface area contributed by atoms with E-state index in [9.17, 15) is 0 Å². The number of aromatic nitrogens is 2. The first-order valence-electron chi connectivity index (χ1n) is 8.23. The minimum atomic E-state index is 0.618. The summed E-state index contributed by atoms with van der Waals surface area (Å²) < 4.78 is 0. The predicted molar refractivity (Wildman–Crippen MR) is 104 cm³/mol. The summed E-state index contributed by atoms with van der Waals surface area (Å²) in [6, 6.07) is 18.0. The molecule has 0 fully saturated rings. The lowest BCUT2D eigenvalue weighted by Crippen LogP contribution is -2.07. The zero-order valence-corrected chi connectivity index (χ0v) is 15.1. The molecule has 0 atom stereocenters. The quantitative estimate of drug-likeness (QED) is 0.657. The van der Waals surface area contributed by atoms with E-state index in [1.165, 1.54) is 11.1 Å². The van der Waals surface area contributed by atoms with Gasteiger partial charge in [-0.05, 0) is 36.6 Å². The number of anilines is 2. The van der Waals surface area contributed by atoms with E-state index < -0.39 is 0 Å². The molecule has 0 saturated carbocycles. The molecule has 1 heterocycles. The van der Waals surface area contributed by atoms with Gasteiger partial charge in [0, 0.05) is 24.2 Å². The van der Waals surface area contributed by atoms with Crippen molar-refractivity contribution in [1.82, 2.24) is 9.97 Å². The van der Waals surface area contributed by atoms with Gasteiger partial charge in [-0.3, -0.25) is 0 Å². The van der Waals surface area contributed by atoms with E-state index in [2.05, 4.69) is 39.7 Å². The van der Waals surface area contributed by atoms with Gasteiger partial charge in [0.05, 0.1) is 0 Å². The summed E-state index contributed by atoms with van der Waals surface area (Å²) >= 11 is 6.20. The first-order chi connectivity index (χ1) is 12.1. The molecule has 0 aliphatic rings. The zero-order chi connectivity index (χ0) is 17.6. The summed E-state index contributed by atoms with van der Waals surface area (Å²) in [6.07, 6.45) is 0. The maximum Gasteiger partial charge on any atom is 0.132 e. The normalized spacial score (nSPS) is 10.5. The summed E-state index contributed by atoms with van der Waals surface area (Å²) in [4.78, 5) is 8.91. The number of hydrogen-bond donors (Lipinski definition) is 2. The van der Waals surface area contributed by atoms with E-state index in [1.807, 2.05) is 49.4 Å². The van der Waals surface area contributed by atoms with Crippen molar-refractivity contribution in [2.45, 2.75) is 26.9 Å². The van der Waals surface area contributed by atoms with Gasteiger partial charge in [-0.15, -0.1) is 0 Å². The van der Waals surface area contributed by atoms with Gasteiger partial charge >= 0.3 is 0 Å². The third-order valence-corrected chi connectivity index (χ3v) is 4.35. The second kappa shape index (κ2) is 7.99. The monoisotopic (exact) mass is 352 g/mol. The molecular weight excluding hydrogens is 332 g/mol. The molecule has 0 radical (unpaired) electrons. The van der Waals surface area contributed by atoms with Crippen molar-refractivity contribution < 1.29 is 0 Å². The maximum atomic E-state index is 6.20. The van der Waals surface area contributed by atoms with Crippen molar-refractivity contribution in [1.29, 1.82) is 0 Å². The largest absolute Gasteiger partial charge is 0.366 e. The average Bonchev–Trinajstić information content (AvgIpc) is 2.60. The molecule has 2 N–H and O–H groups in total. The molecule has 1 aromatic heterocycles. The summed E-state index contributed by atoms with van der Waals surface area (Å²) in [5.41, 5.74) is 3.55. The lowest BCUT2D eigenvalue weighted by Gasteiger charge is -2.12. The maximum absolute atomic E-state index is 6.20. The Bertz CT molecular complexity index is 796. The molecule has 128 valence electrons. The fraction of sp³-hybridized carbons (Fsp3) is 0.200. The third kappa shape index (κ3) is 4.70. The van der Waals surface area contributed by atoms with Gasteiger partial charge in [-0.25, -0.2) is 9.97 Å². The van der Waals surface area contributed by atoms with Crippen molar-refractivity contribution in [3.63, 3.8) is 0 Å². The minimum absolute atomic E-state index is 0.618. The summed E-state index contributed by atoms with van der Waals surface area (Å²) in [7, 11) is 0. The second-order valence-corrected chi connectivity index (χ2v) is 6.32. The molecule has 25 heavy (non-hydrogen) atoms. The summed E-state index contributed by atoms with van der Waals surface area (Å²) in [6.45, 7) is 5.35. The lowest BCUT2D eigenvalue weighted by molar-refractivity contribution is 1.00. The Labute approximate surface area is 153 Å². The Balaban J connectivity index is 1.68. The van der Waals surface area contributed by atoms with Gasteiger partial charge < -0.3 is 10.6 Å². The van der Waals surface area contributed by atoms with Crippen LogP contribution in [0.25, 0.3) is 0 Å². The molecule has 3 rings (SSSR count). The minimum Gasteiger partial charge on any atom is -0.366 e. The Hall–Kier alpha value is -2.59. The number of aryl methyl sites for hydroxylation is 2. The molecule has 0 aliphatic heterocycles. The number of hydrogen-bond acceptors (Lipinski definition) is 4. The van der Waals surface area contributed by atoms with E-state index in [-0.39, 0.29) is 0 Å². The topological polar surface area (TPSA) is 49.8 Å². The van der Waals surface area contributed by atoms with Crippen LogP contribution >= 0.6 is 11.6 Å². The molecule has 0 spiro atoms. The number of benzene rings is 2. The Morgan fingerprint density at radius 2 is 1.36 bits per heavy atom. The van der Waals surface area contributed by atoms with Crippen LogP contribution < -0.4 is 10.6 Å². The fourth-order valence-electron chi connectivity index (χ4n) is 2.57. The van der Waals surface area contributed by atoms with Crippen LogP contribution in [0.15, 0.2) is 54.6 Å². The van der Waals surface area contributed by atoms with Crippen LogP contribution in [0.2, 0.25) is 5.02 Å². The van der Waals surface area contributed by atoms with Crippen molar-refractivity contribution in [2.24, 2.45) is 0 Å². The molecule has 0 amide bonds. The van der Waals surface area contributed by atoms with Crippen molar-refractivity contribution in [2.75, 3.05) is 10.6 Å². The molecular formula is C20H21ClN4. The van der Waals surface area contributed by atoms with Gasteiger partial charge in [0.15, 0.2) is 0 Å². The van der Waals surface area contributed by atoms with Crippen molar-refractivity contribution >= 4 is 23.2 Å². The summed E-state index contributed by atoms with van der Waals surface area (Å²) in [5.74, 6) is 2.30. The predicted octanol–water partition coefficient (Wildman–Crippen LogP) is 4.97. The zero-order valence-electron chi connectivity index (χ0n) is 14.4. The average molecular weight is 353 g/mol. The van der Waals surface area contributed by atoms with Gasteiger partial charge in [-0.1, -0.05) is 54.1 Å². The van der Waals surface area contributed by atoms with Gasteiger partial charge in [0.25, 0.3) is 0 Å². The molecule has 0 unspecified atom stereocenters. The Kier molecular flexibility index (Phi) is 5.51. The van der Waals surface area contributed by atoms with Crippen LogP contribution in [0.5, 0.6) is 0 Å². The molecule has 0 bridgehead atoms. The highest BCUT2D eigenvalue weighted by molar-refractivity contribution is 6.31. The van der Waals surface area contributed by atoms with Crippen LogP contribution in [0, 0.1) is 13.8 Å². The standard InChI is InChI=1S/C20H21ClN4/c1-14-7-3-4-8-16(14)12-22-19-11-20(25-15(2)24-19)23-13-17-9-5-6-10-18(17)21/h3-11H,12-13H2,1-2H3,(H2,22,23,24,25). The molecule has 0 aliphatic carbocycles. The van der Waals surface area contributed by atoms with Gasteiger partial charge in [-0.2, -0.15) is 0 Å². The molecule has 4 nitrogen and oxygen atoms in total. The van der Waals surface area contributed by atoms with E-state index >= 15 is 0 Å². The number of rotatable bonds is 6. The van der Waals surface area contributed by atoms with E-state index in [4.69, 9.17) is 11.6 Å². The third-order valence-electron chi connectivity index (χ3n) is 3.98. The van der Waals surface area contributed by atoms with Gasteiger partial charge in [0.2, 0.25) is 0 Å². The lowest BCUT2D eigenvalue weighted by atomic mass is 10.1. The first kappa shape index (κ1) is 17.2. The highest BCUT2D eigenvalue weighted by atomic mass is 35.5. The first-order valence-corrected chi connectivity index (χ1v) is 8.61. The highest BCUT2D eigenvalue weighted by Crippen LogP contribution is 2.18. The van der Waals surface area contributed by atoms with Crippen molar-refractivity contribution in [3.8, 4) is 0 Å². The van der Waals surface area contributed by atoms with E-state index in [1.54, 1.807) is 0 Å². The van der Waals surface area contributed by atoms with Crippen LogP contribution in [0.3, 0.4) is 0 Å². The number of halogens is 1. The molecule has 2 aromatic carbocycles. The van der Waals surface area contributed by atoms with Crippen molar-refractivity contribution in [3.05, 3.63) is 82.1 Å². The smallest absolute Gasteiger partial charge is 0.132 e. The summed E-state index contributed by atoms with van der Waals surface area (Å²) in [5, 5.41) is 7.44. The van der Waals surface area contributed by atoms with Crippen LogP contribution in [0.4, 0.5) is 11.6 Å². The second-order valence-electron chi connectivity index (χ2n) is 5.91. The number of nitrogens with one attached hydrogen (secondary N) is 2. The Morgan fingerprint density at radius 3 is 2.00 bits per heavy atom. The van der Waals surface area contributed by atoms with Crippen LogP contribution in [-0.4, -0.2) is 9.97 Å². The SMILES string of the molecule is Cc1nc(NCc2ccccc2C)cc(NCc2ccccc2Cl)n1. The van der Waals surface area contributed by atoms with Gasteiger partial charge in [0.1, 0.15) is 17.5 Å². The van der Waals surface area contributed by atoms with E-state index in [0.717, 1.165) is 34.6 Å². The fourth-order valence-corrected chi connectivity index (χ4v) is 2.77. The number of nitrogens with zero attached hydrogens (tertiary/aromatic N) is 2. The van der Waals surface area contributed by atoms with Crippen LogP contribution in [-0.2, 0) is 13.1 Å². The Morgan fingerprint density at radius 1 is 0.800 bits per heavy atom. The molecule has 0 saturated heterocycles. The van der Waals surface area contributed by atoms with Crippen LogP contribution in [0.1, 0.15) is 22.5 Å². The molecule has 5 heteroatoms. The highest BCUT2D eigenvalue weighted by Gasteiger charge is 2.04.